The first-order valence-corrected chi connectivity index (χ1v) is 5.63. The molecule has 0 amide bonds. The predicted molar refractivity (Wildman–Crippen MR) is 62.4 cm³/mol. The van der Waals surface area contributed by atoms with Crippen molar-refractivity contribution in [2.45, 2.75) is 12.6 Å². The van der Waals surface area contributed by atoms with Crippen LogP contribution in [0.15, 0.2) is 12.3 Å². The van der Waals surface area contributed by atoms with Gasteiger partial charge in [0.2, 0.25) is 0 Å². The summed E-state index contributed by atoms with van der Waals surface area (Å²) in [5.74, 6) is 0. The third-order valence-electron chi connectivity index (χ3n) is 2.70. The third kappa shape index (κ3) is 2.61. The van der Waals surface area contributed by atoms with Gasteiger partial charge >= 0.3 is 0 Å². The maximum absolute atomic E-state index is 6.07. The van der Waals surface area contributed by atoms with Gasteiger partial charge in [-0.05, 0) is 13.1 Å². The second-order valence-electron chi connectivity index (χ2n) is 3.83. The number of halogens is 2. The van der Waals surface area contributed by atoms with Crippen LogP contribution in [0.1, 0.15) is 5.56 Å². The van der Waals surface area contributed by atoms with Crippen molar-refractivity contribution in [3.8, 4) is 0 Å². The first-order chi connectivity index (χ1) is 7.16. The summed E-state index contributed by atoms with van der Waals surface area (Å²) in [5.41, 5.74) is 1.02. The lowest BCUT2D eigenvalue weighted by atomic mass is 10.1. The number of aromatic nitrogens is 1. The summed E-state index contributed by atoms with van der Waals surface area (Å²) in [6.07, 6.45) is 1.74. The van der Waals surface area contributed by atoms with Gasteiger partial charge in [0, 0.05) is 42.5 Å². The van der Waals surface area contributed by atoms with Crippen LogP contribution in [-0.2, 0) is 6.54 Å². The summed E-state index contributed by atoms with van der Waals surface area (Å²) in [6, 6.07) is 2.29. The van der Waals surface area contributed by atoms with E-state index in [0.717, 1.165) is 25.2 Å². The molecule has 1 saturated heterocycles. The molecule has 0 radical (unpaired) electrons. The number of hydrogen-bond acceptors (Lipinski definition) is 3. The average molecular weight is 246 g/mol. The van der Waals surface area contributed by atoms with E-state index in [9.17, 15) is 0 Å². The van der Waals surface area contributed by atoms with E-state index in [1.807, 2.05) is 0 Å². The molecule has 0 atom stereocenters. The molecule has 0 bridgehead atoms. The summed E-state index contributed by atoms with van der Waals surface area (Å²) in [4.78, 5) is 6.31. The SMILES string of the molecule is CN(Cc1cnc(Cl)cc1Cl)C1CNC1. The molecule has 0 saturated carbocycles. The van der Waals surface area contributed by atoms with Crippen LogP contribution in [0.25, 0.3) is 0 Å². The van der Waals surface area contributed by atoms with Crippen molar-refractivity contribution in [2.24, 2.45) is 0 Å². The molecule has 82 valence electrons. The molecule has 1 aromatic rings. The molecule has 1 aromatic heterocycles. The lowest BCUT2D eigenvalue weighted by Crippen LogP contribution is -2.55. The molecule has 0 aliphatic carbocycles. The van der Waals surface area contributed by atoms with Gasteiger partial charge in [-0.2, -0.15) is 0 Å². The zero-order valence-electron chi connectivity index (χ0n) is 8.50. The van der Waals surface area contributed by atoms with E-state index in [1.54, 1.807) is 12.3 Å². The Morgan fingerprint density at radius 2 is 2.27 bits per heavy atom. The summed E-state index contributed by atoms with van der Waals surface area (Å²) in [6.45, 7) is 2.92. The Labute approximate surface area is 99.4 Å². The van der Waals surface area contributed by atoms with E-state index in [0.29, 0.717) is 16.2 Å². The highest BCUT2D eigenvalue weighted by molar-refractivity contribution is 6.34. The molecule has 2 heterocycles. The predicted octanol–water partition coefficient (Wildman–Crippen LogP) is 1.79. The number of pyridine rings is 1. The maximum Gasteiger partial charge on any atom is 0.130 e. The van der Waals surface area contributed by atoms with Crippen LogP contribution in [0.5, 0.6) is 0 Å². The monoisotopic (exact) mass is 245 g/mol. The van der Waals surface area contributed by atoms with E-state index in [-0.39, 0.29) is 0 Å². The van der Waals surface area contributed by atoms with E-state index in [1.165, 1.54) is 0 Å². The molecular formula is C10H13Cl2N3. The largest absolute Gasteiger partial charge is 0.314 e. The minimum atomic E-state index is 0.441. The molecule has 1 N–H and O–H groups in total. The first kappa shape index (κ1) is 11.1. The van der Waals surface area contributed by atoms with Gasteiger partial charge in [0.25, 0.3) is 0 Å². The van der Waals surface area contributed by atoms with Gasteiger partial charge in [0.1, 0.15) is 5.15 Å². The van der Waals surface area contributed by atoms with Crippen molar-refractivity contribution in [1.29, 1.82) is 0 Å². The van der Waals surface area contributed by atoms with Crippen molar-refractivity contribution in [3.05, 3.63) is 28.0 Å². The molecule has 1 aliphatic rings. The second-order valence-corrected chi connectivity index (χ2v) is 4.62. The van der Waals surface area contributed by atoms with Gasteiger partial charge in [0.15, 0.2) is 0 Å². The van der Waals surface area contributed by atoms with Crippen LogP contribution in [-0.4, -0.2) is 36.1 Å². The standard InChI is InChI=1S/C10H13Cl2N3/c1-15(8-4-13-5-8)6-7-3-14-10(12)2-9(7)11/h2-3,8,13H,4-6H2,1H3. The zero-order chi connectivity index (χ0) is 10.8. The summed E-state index contributed by atoms with van der Waals surface area (Å²) >= 11 is 11.8. The highest BCUT2D eigenvalue weighted by atomic mass is 35.5. The maximum atomic E-state index is 6.07. The topological polar surface area (TPSA) is 28.2 Å². The fourth-order valence-electron chi connectivity index (χ4n) is 1.54. The lowest BCUT2D eigenvalue weighted by Gasteiger charge is -2.35. The third-order valence-corrected chi connectivity index (χ3v) is 3.26. The summed E-state index contributed by atoms with van der Waals surface area (Å²) in [7, 11) is 2.09. The van der Waals surface area contributed by atoms with Gasteiger partial charge in [-0.1, -0.05) is 23.2 Å². The first-order valence-electron chi connectivity index (χ1n) is 4.87. The van der Waals surface area contributed by atoms with Crippen LogP contribution < -0.4 is 5.32 Å². The van der Waals surface area contributed by atoms with Crippen molar-refractivity contribution >= 4 is 23.2 Å². The fourth-order valence-corrected chi connectivity index (χ4v) is 1.96. The normalized spacial score (nSPS) is 16.8. The second kappa shape index (κ2) is 4.66. The smallest absolute Gasteiger partial charge is 0.130 e. The molecule has 0 aromatic carbocycles. The van der Waals surface area contributed by atoms with Gasteiger partial charge < -0.3 is 5.32 Å². The van der Waals surface area contributed by atoms with Crippen molar-refractivity contribution in [2.75, 3.05) is 20.1 Å². The van der Waals surface area contributed by atoms with Crippen LogP contribution in [0.4, 0.5) is 0 Å². The number of rotatable bonds is 3. The molecule has 0 unspecified atom stereocenters. The van der Waals surface area contributed by atoms with Gasteiger partial charge in [-0.25, -0.2) is 4.98 Å². The molecule has 15 heavy (non-hydrogen) atoms. The Hall–Kier alpha value is -0.350. The van der Waals surface area contributed by atoms with Crippen LogP contribution in [0.2, 0.25) is 10.2 Å². The number of nitrogens with zero attached hydrogens (tertiary/aromatic N) is 2. The fraction of sp³-hybridized carbons (Fsp3) is 0.500. The van der Waals surface area contributed by atoms with E-state index >= 15 is 0 Å². The van der Waals surface area contributed by atoms with E-state index in [4.69, 9.17) is 23.2 Å². The van der Waals surface area contributed by atoms with E-state index < -0.39 is 0 Å². The molecular weight excluding hydrogens is 233 g/mol. The lowest BCUT2D eigenvalue weighted by molar-refractivity contribution is 0.173. The Bertz CT molecular complexity index is 353. The Morgan fingerprint density at radius 3 is 2.80 bits per heavy atom. The minimum Gasteiger partial charge on any atom is -0.314 e. The molecule has 5 heteroatoms. The van der Waals surface area contributed by atoms with E-state index in [2.05, 4.69) is 22.2 Å². The van der Waals surface area contributed by atoms with Crippen molar-refractivity contribution < 1.29 is 0 Å². The molecule has 1 aliphatic heterocycles. The highest BCUT2D eigenvalue weighted by Gasteiger charge is 2.21. The Balaban J connectivity index is 2.03. The Kier molecular flexibility index (Phi) is 3.46. The molecule has 2 rings (SSSR count). The van der Waals surface area contributed by atoms with Crippen molar-refractivity contribution in [3.63, 3.8) is 0 Å². The molecule has 1 fully saturated rings. The summed E-state index contributed by atoms with van der Waals surface area (Å²) < 4.78 is 0. The number of likely N-dealkylation sites (N-methyl/N-ethyl adjacent to an activating group) is 1. The van der Waals surface area contributed by atoms with Crippen molar-refractivity contribution in [1.82, 2.24) is 15.2 Å². The minimum absolute atomic E-state index is 0.441. The Morgan fingerprint density at radius 1 is 1.53 bits per heavy atom. The zero-order valence-corrected chi connectivity index (χ0v) is 10.0. The van der Waals surface area contributed by atoms with Gasteiger partial charge in [-0.3, -0.25) is 4.90 Å². The van der Waals surface area contributed by atoms with Crippen LogP contribution >= 0.6 is 23.2 Å². The molecule has 3 nitrogen and oxygen atoms in total. The quantitative estimate of drug-likeness (QED) is 0.824. The van der Waals surface area contributed by atoms with Crippen LogP contribution in [0.3, 0.4) is 0 Å². The van der Waals surface area contributed by atoms with Crippen LogP contribution in [0, 0.1) is 0 Å². The average Bonchev–Trinajstić information content (AvgIpc) is 2.07. The summed E-state index contributed by atoms with van der Waals surface area (Å²) in [5, 5.41) is 4.37. The molecule has 0 spiro atoms. The van der Waals surface area contributed by atoms with Gasteiger partial charge in [0.05, 0.1) is 0 Å². The van der Waals surface area contributed by atoms with Gasteiger partial charge in [-0.15, -0.1) is 0 Å². The number of nitrogens with one attached hydrogen (secondary N) is 1. The highest BCUT2D eigenvalue weighted by Crippen LogP contribution is 2.20. The number of hydrogen-bond donors (Lipinski definition) is 1.